The van der Waals surface area contributed by atoms with Crippen molar-refractivity contribution in [3.8, 4) is 16.9 Å². The van der Waals surface area contributed by atoms with Gasteiger partial charge in [0.05, 0.1) is 24.3 Å². The van der Waals surface area contributed by atoms with E-state index in [1.807, 2.05) is 54.6 Å². The number of benzene rings is 3. The van der Waals surface area contributed by atoms with Gasteiger partial charge in [-0.1, -0.05) is 60.1 Å². The molecule has 1 saturated heterocycles. The molecule has 0 aliphatic carbocycles. The van der Waals surface area contributed by atoms with Gasteiger partial charge in [-0.3, -0.25) is 9.59 Å². The summed E-state index contributed by atoms with van der Waals surface area (Å²) in [4.78, 5) is 27.3. The quantitative estimate of drug-likeness (QED) is 0.508. The molecule has 0 unspecified atom stereocenters. The number of hydrogen-bond donors (Lipinski definition) is 1. The molecule has 0 atom stereocenters. The summed E-state index contributed by atoms with van der Waals surface area (Å²) in [6.07, 6.45) is 2.15. The van der Waals surface area contributed by atoms with Crippen LogP contribution < -0.4 is 10.1 Å². The topological polar surface area (TPSA) is 58.6 Å². The molecule has 0 aromatic heterocycles. The number of amides is 2. The molecule has 1 heterocycles. The number of ether oxygens (including phenoxy) is 1. The summed E-state index contributed by atoms with van der Waals surface area (Å²) in [5.41, 5.74) is 2.92. The van der Waals surface area contributed by atoms with Crippen LogP contribution in [0.1, 0.15) is 29.6 Å². The van der Waals surface area contributed by atoms with Gasteiger partial charge in [-0.2, -0.15) is 0 Å². The second-order valence-electron chi connectivity index (χ2n) is 7.70. The van der Waals surface area contributed by atoms with Crippen molar-refractivity contribution in [2.75, 3.05) is 25.0 Å². The Morgan fingerprint density at radius 3 is 2.44 bits per heavy atom. The van der Waals surface area contributed by atoms with Crippen molar-refractivity contribution < 1.29 is 14.3 Å². The van der Waals surface area contributed by atoms with Crippen LogP contribution in [0.25, 0.3) is 11.1 Å². The Labute approximate surface area is 193 Å². The summed E-state index contributed by atoms with van der Waals surface area (Å²) >= 11 is 6.12. The molecule has 0 radical (unpaired) electrons. The average Bonchev–Trinajstić information content (AvgIpc) is 3.36. The summed E-state index contributed by atoms with van der Waals surface area (Å²) in [7, 11) is 0. The highest BCUT2D eigenvalue weighted by atomic mass is 35.5. The van der Waals surface area contributed by atoms with Gasteiger partial charge in [-0.25, -0.2) is 0 Å². The van der Waals surface area contributed by atoms with E-state index in [-0.39, 0.29) is 24.8 Å². The van der Waals surface area contributed by atoms with E-state index in [2.05, 4.69) is 5.32 Å². The maximum atomic E-state index is 12.9. The van der Waals surface area contributed by atoms with Gasteiger partial charge in [0.15, 0.2) is 0 Å². The van der Waals surface area contributed by atoms with Crippen LogP contribution in [0.2, 0.25) is 5.02 Å². The monoisotopic (exact) mass is 448 g/mol. The lowest BCUT2D eigenvalue weighted by atomic mass is 10.1. The molecule has 5 nitrogen and oxygen atoms in total. The van der Waals surface area contributed by atoms with Gasteiger partial charge < -0.3 is 15.0 Å². The fourth-order valence-electron chi connectivity index (χ4n) is 3.81. The lowest BCUT2D eigenvalue weighted by molar-refractivity contribution is -0.116. The predicted molar refractivity (Wildman–Crippen MR) is 127 cm³/mol. The van der Waals surface area contributed by atoms with Crippen molar-refractivity contribution in [2.24, 2.45) is 0 Å². The zero-order valence-electron chi connectivity index (χ0n) is 17.7. The highest BCUT2D eigenvalue weighted by molar-refractivity contribution is 6.31. The van der Waals surface area contributed by atoms with Gasteiger partial charge >= 0.3 is 0 Å². The van der Waals surface area contributed by atoms with Crippen LogP contribution in [0.3, 0.4) is 0 Å². The first-order chi connectivity index (χ1) is 15.6. The number of carbonyl (C=O) groups is 2. The Kier molecular flexibility index (Phi) is 7.07. The fourth-order valence-corrected chi connectivity index (χ4v) is 3.98. The van der Waals surface area contributed by atoms with Crippen molar-refractivity contribution in [1.82, 2.24) is 4.90 Å². The minimum Gasteiger partial charge on any atom is -0.492 e. The Hall–Kier alpha value is -3.31. The molecule has 1 N–H and O–H groups in total. The van der Waals surface area contributed by atoms with Crippen molar-refractivity contribution in [1.29, 1.82) is 0 Å². The van der Waals surface area contributed by atoms with Crippen molar-refractivity contribution in [3.05, 3.63) is 83.4 Å². The van der Waals surface area contributed by atoms with E-state index in [1.165, 1.54) is 0 Å². The molecule has 6 heteroatoms. The smallest absolute Gasteiger partial charge is 0.256 e. The maximum absolute atomic E-state index is 12.9. The molecule has 1 aliphatic heterocycles. The molecule has 0 bridgehead atoms. The van der Waals surface area contributed by atoms with Crippen LogP contribution in [0, 0.1) is 0 Å². The first-order valence-corrected chi connectivity index (χ1v) is 11.2. The van der Waals surface area contributed by atoms with E-state index in [9.17, 15) is 9.59 Å². The van der Waals surface area contributed by atoms with E-state index in [1.54, 1.807) is 23.1 Å². The number of likely N-dealkylation sites (tertiary alicyclic amines) is 1. The van der Waals surface area contributed by atoms with Crippen molar-refractivity contribution in [3.63, 3.8) is 0 Å². The van der Waals surface area contributed by atoms with E-state index in [4.69, 9.17) is 16.3 Å². The fraction of sp³-hybridized carbons (Fsp3) is 0.231. The minimum absolute atomic E-state index is 0.103. The molecular formula is C26H25ClN2O3. The van der Waals surface area contributed by atoms with Crippen LogP contribution in [-0.4, -0.2) is 36.4 Å². The van der Waals surface area contributed by atoms with E-state index >= 15 is 0 Å². The largest absolute Gasteiger partial charge is 0.492 e. The van der Waals surface area contributed by atoms with Crippen molar-refractivity contribution >= 4 is 29.1 Å². The standard InChI is InChI=1S/C26H25ClN2O3/c27-20-12-13-23(22(18-20)26(31)29-15-6-7-16-29)28-25(30)14-17-32-24-11-5-4-10-21(24)19-8-2-1-3-9-19/h1-5,8-13,18H,6-7,14-17H2,(H,28,30). The van der Waals surface area contributed by atoms with E-state index < -0.39 is 0 Å². The molecule has 4 rings (SSSR count). The lowest BCUT2D eigenvalue weighted by Gasteiger charge is -2.18. The Bertz CT molecular complexity index is 1100. The highest BCUT2D eigenvalue weighted by Crippen LogP contribution is 2.29. The minimum atomic E-state index is -0.222. The van der Waals surface area contributed by atoms with Crippen LogP contribution in [0.15, 0.2) is 72.8 Å². The number of para-hydroxylation sites is 1. The average molecular weight is 449 g/mol. The number of rotatable bonds is 7. The molecular weight excluding hydrogens is 424 g/mol. The molecule has 32 heavy (non-hydrogen) atoms. The molecule has 3 aromatic rings. The van der Waals surface area contributed by atoms with Crippen LogP contribution >= 0.6 is 11.6 Å². The predicted octanol–water partition coefficient (Wildman–Crippen LogP) is 5.65. The molecule has 1 aliphatic rings. The molecule has 2 amide bonds. The third-order valence-electron chi connectivity index (χ3n) is 5.44. The normalized spacial score (nSPS) is 13.1. The molecule has 164 valence electrons. The van der Waals surface area contributed by atoms with Crippen LogP contribution in [-0.2, 0) is 4.79 Å². The maximum Gasteiger partial charge on any atom is 0.256 e. The molecule has 3 aromatic carbocycles. The van der Waals surface area contributed by atoms with Gasteiger partial charge in [0, 0.05) is 23.7 Å². The summed E-state index contributed by atoms with van der Waals surface area (Å²) in [6.45, 7) is 1.68. The second-order valence-corrected chi connectivity index (χ2v) is 8.13. The van der Waals surface area contributed by atoms with Gasteiger partial charge in [0.25, 0.3) is 5.91 Å². The third kappa shape index (κ3) is 5.29. The summed E-state index contributed by atoms with van der Waals surface area (Å²) in [5, 5.41) is 3.31. The highest BCUT2D eigenvalue weighted by Gasteiger charge is 2.23. The number of hydrogen-bond acceptors (Lipinski definition) is 3. The van der Waals surface area contributed by atoms with Crippen molar-refractivity contribution in [2.45, 2.75) is 19.3 Å². The number of anilines is 1. The lowest BCUT2D eigenvalue weighted by Crippen LogP contribution is -2.29. The van der Waals surface area contributed by atoms with Gasteiger partial charge in [0.2, 0.25) is 5.91 Å². The zero-order chi connectivity index (χ0) is 22.3. The third-order valence-corrected chi connectivity index (χ3v) is 5.67. The van der Waals surface area contributed by atoms with Gasteiger partial charge in [-0.05, 0) is 42.7 Å². The number of carbonyl (C=O) groups excluding carboxylic acids is 2. The summed E-state index contributed by atoms with van der Waals surface area (Å²) in [5.74, 6) is 0.399. The Balaban J connectivity index is 1.39. The van der Waals surface area contributed by atoms with Crippen LogP contribution in [0.5, 0.6) is 5.75 Å². The van der Waals surface area contributed by atoms with E-state index in [0.29, 0.717) is 16.3 Å². The summed E-state index contributed by atoms with van der Waals surface area (Å²) in [6, 6.07) is 22.7. The Morgan fingerprint density at radius 2 is 1.66 bits per heavy atom. The van der Waals surface area contributed by atoms with E-state index in [0.717, 1.165) is 42.8 Å². The second kappa shape index (κ2) is 10.3. The number of halogens is 1. The first kappa shape index (κ1) is 21.9. The van der Waals surface area contributed by atoms with Gasteiger partial charge in [0.1, 0.15) is 5.75 Å². The first-order valence-electron chi connectivity index (χ1n) is 10.8. The Morgan fingerprint density at radius 1 is 0.938 bits per heavy atom. The molecule has 1 fully saturated rings. The molecule has 0 saturated carbocycles. The number of nitrogens with one attached hydrogen (secondary N) is 1. The SMILES string of the molecule is O=C(CCOc1ccccc1-c1ccccc1)Nc1ccc(Cl)cc1C(=O)N1CCCC1. The zero-order valence-corrected chi connectivity index (χ0v) is 18.5. The van der Waals surface area contributed by atoms with Gasteiger partial charge in [-0.15, -0.1) is 0 Å². The van der Waals surface area contributed by atoms with Crippen LogP contribution in [0.4, 0.5) is 5.69 Å². The molecule has 0 spiro atoms. The summed E-state index contributed by atoms with van der Waals surface area (Å²) < 4.78 is 5.92. The number of nitrogens with zero attached hydrogens (tertiary/aromatic N) is 1.